The summed E-state index contributed by atoms with van der Waals surface area (Å²) in [5, 5.41) is 0. The van der Waals surface area contributed by atoms with Crippen molar-refractivity contribution in [1.29, 1.82) is 0 Å². The molecular weight excluding hydrogens is 633 g/mol. The zero-order valence-electron chi connectivity index (χ0n) is 31.7. The normalized spacial score (nSPS) is 13.3. The number of carbonyl (C=O) groups excluding carboxylic acids is 2. The standard InChI is InChI=1S/C24H29N5OS.C6H13NO2.C4H8.C3H6.C2H6/c1-4-8-22-17-25-23-15-19(3)27-31-29(23)24(22)26-16-20-9-11-21(12-10-20)18-28(5-2)13-6-7-14-30;1-6(2,3)9-5(8)4-7;1-3-4-2;1-3-2;1-2/h4,8-12,14-17H,5-7,13,18H2,1-3H3;4,7H2,1-3H3;3H,1,4H2,2H3;3H,1H2,2H3;1-2H3/b8-4+,26-16+;;;;. The van der Waals surface area contributed by atoms with Gasteiger partial charge in [0.2, 0.25) is 0 Å². The van der Waals surface area contributed by atoms with E-state index in [1.54, 1.807) is 26.8 Å². The first-order valence-electron chi connectivity index (χ1n) is 17.0. The van der Waals surface area contributed by atoms with Gasteiger partial charge in [-0.25, -0.2) is 14.3 Å². The number of carbonyl (C=O) groups is 2. The highest BCUT2D eigenvalue weighted by Gasteiger charge is 2.24. The van der Waals surface area contributed by atoms with Gasteiger partial charge in [0.05, 0.1) is 12.3 Å². The molecular formula is C39H62N6O3S. The molecule has 272 valence electrons. The average Bonchev–Trinajstić information content (AvgIpc) is 3.09. The molecule has 2 heterocycles. The summed E-state index contributed by atoms with van der Waals surface area (Å²) in [6.45, 7) is 29.1. The molecule has 49 heavy (non-hydrogen) atoms. The van der Waals surface area contributed by atoms with Crippen LogP contribution in [0.1, 0.15) is 99.6 Å². The highest BCUT2D eigenvalue weighted by Crippen LogP contribution is 2.34. The molecule has 0 amide bonds. The van der Waals surface area contributed by atoms with E-state index in [-0.39, 0.29) is 12.5 Å². The molecule has 9 nitrogen and oxygen atoms in total. The van der Waals surface area contributed by atoms with Gasteiger partial charge in [-0.2, -0.15) is 4.40 Å². The SMILES string of the molecule is C/C=C/C1=C(/N=C/c2ccc(CN(CC)CCCC=O)cc2)N2SN=C(C)C=C2N=C1.C=CC.C=CCC.CC.CC(C)(C)OC(=O)CN. The van der Waals surface area contributed by atoms with E-state index in [1.807, 2.05) is 75.7 Å². The first-order valence-corrected chi connectivity index (χ1v) is 17.7. The molecule has 0 saturated heterocycles. The number of ether oxygens (including phenoxy) is 1. The summed E-state index contributed by atoms with van der Waals surface area (Å²) in [4.78, 5) is 32.7. The smallest absolute Gasteiger partial charge is 0.320 e. The lowest BCUT2D eigenvalue weighted by atomic mass is 10.1. The van der Waals surface area contributed by atoms with Gasteiger partial charge in [0.1, 0.15) is 29.8 Å². The van der Waals surface area contributed by atoms with Gasteiger partial charge in [-0.15, -0.1) is 13.2 Å². The largest absolute Gasteiger partial charge is 0.459 e. The molecule has 2 aliphatic heterocycles. The molecule has 10 heteroatoms. The fraction of sp³-hybridized carbons (Fsp3) is 0.462. The maximum atomic E-state index is 10.5. The lowest BCUT2D eigenvalue weighted by Gasteiger charge is -2.27. The second kappa shape index (κ2) is 29.1. The molecule has 0 radical (unpaired) electrons. The number of unbranched alkanes of at least 4 members (excludes halogenated alkanes) is 1. The average molecular weight is 695 g/mol. The summed E-state index contributed by atoms with van der Waals surface area (Å²) in [6, 6.07) is 8.46. The van der Waals surface area contributed by atoms with Gasteiger partial charge in [0.15, 0.2) is 5.82 Å². The van der Waals surface area contributed by atoms with Crippen LogP contribution in [-0.4, -0.2) is 64.8 Å². The fourth-order valence-corrected chi connectivity index (χ4v) is 4.30. The van der Waals surface area contributed by atoms with Gasteiger partial charge in [-0.1, -0.05) is 76.3 Å². The number of aliphatic imine (C=N–C) groups is 2. The molecule has 0 bridgehead atoms. The number of aldehydes is 1. The molecule has 1 aromatic carbocycles. The van der Waals surface area contributed by atoms with Crippen LogP contribution in [0.3, 0.4) is 0 Å². The minimum Gasteiger partial charge on any atom is -0.459 e. The molecule has 3 rings (SSSR count). The Kier molecular flexibility index (Phi) is 28.1. The van der Waals surface area contributed by atoms with Crippen LogP contribution < -0.4 is 5.73 Å². The second-order valence-corrected chi connectivity index (χ2v) is 11.9. The minimum atomic E-state index is -0.406. The lowest BCUT2D eigenvalue weighted by molar-refractivity contribution is -0.152. The van der Waals surface area contributed by atoms with Crippen LogP contribution in [0, 0.1) is 0 Å². The number of allylic oxidation sites excluding steroid dienone is 6. The van der Waals surface area contributed by atoms with E-state index in [2.05, 4.69) is 65.6 Å². The monoisotopic (exact) mass is 694 g/mol. The third kappa shape index (κ3) is 22.4. The van der Waals surface area contributed by atoms with Crippen LogP contribution in [0.5, 0.6) is 0 Å². The summed E-state index contributed by atoms with van der Waals surface area (Å²) < 4.78 is 11.2. The zero-order chi connectivity index (χ0) is 37.7. The predicted octanol–water partition coefficient (Wildman–Crippen LogP) is 9.05. The summed E-state index contributed by atoms with van der Waals surface area (Å²) >= 11 is 1.35. The van der Waals surface area contributed by atoms with Crippen LogP contribution in [0.15, 0.2) is 99.4 Å². The third-order valence-corrected chi connectivity index (χ3v) is 6.68. The van der Waals surface area contributed by atoms with E-state index in [9.17, 15) is 9.59 Å². The van der Waals surface area contributed by atoms with Gasteiger partial charge < -0.3 is 15.3 Å². The number of hydrogen-bond acceptors (Lipinski definition) is 10. The Labute approximate surface area is 301 Å². The number of rotatable bonds is 12. The molecule has 0 fully saturated rings. The minimum absolute atomic E-state index is 0.0444. The van der Waals surface area contributed by atoms with Crippen molar-refractivity contribution in [1.82, 2.24) is 9.21 Å². The number of benzene rings is 1. The summed E-state index contributed by atoms with van der Waals surface area (Å²) in [5.41, 5.74) is 8.78. The molecule has 0 atom stereocenters. The number of nitrogens with two attached hydrogens (primary N) is 1. The molecule has 0 aliphatic carbocycles. The Balaban J connectivity index is 0. The first-order chi connectivity index (χ1) is 23.4. The van der Waals surface area contributed by atoms with Crippen LogP contribution in [0.2, 0.25) is 0 Å². The number of nitrogens with zero attached hydrogens (tertiary/aromatic N) is 5. The van der Waals surface area contributed by atoms with Gasteiger partial charge in [0, 0.05) is 37.0 Å². The highest BCUT2D eigenvalue weighted by molar-refractivity contribution is 7.96. The molecule has 2 N–H and O–H groups in total. The van der Waals surface area contributed by atoms with E-state index in [0.29, 0.717) is 6.42 Å². The molecule has 0 aromatic heterocycles. The Hall–Kier alpha value is -3.86. The van der Waals surface area contributed by atoms with Crippen LogP contribution >= 0.6 is 12.1 Å². The summed E-state index contributed by atoms with van der Waals surface area (Å²) in [6.07, 6.45) is 16.9. The van der Waals surface area contributed by atoms with Gasteiger partial charge in [-0.3, -0.25) is 9.69 Å². The van der Waals surface area contributed by atoms with Crippen molar-refractivity contribution >= 4 is 42.5 Å². The van der Waals surface area contributed by atoms with E-state index >= 15 is 0 Å². The summed E-state index contributed by atoms with van der Waals surface area (Å²) in [7, 11) is 0. The van der Waals surface area contributed by atoms with Crippen LogP contribution in [-0.2, 0) is 20.9 Å². The maximum absolute atomic E-state index is 10.5. The van der Waals surface area contributed by atoms with Crippen molar-refractivity contribution in [2.45, 2.75) is 101 Å². The number of esters is 1. The van der Waals surface area contributed by atoms with Crippen molar-refractivity contribution in [3.63, 3.8) is 0 Å². The summed E-state index contributed by atoms with van der Waals surface area (Å²) in [5.74, 6) is 1.29. The van der Waals surface area contributed by atoms with E-state index < -0.39 is 5.60 Å². The van der Waals surface area contributed by atoms with Gasteiger partial charge >= 0.3 is 5.97 Å². The number of fused-ring (bicyclic) bond motifs is 1. The Bertz CT molecular complexity index is 1290. The van der Waals surface area contributed by atoms with Crippen molar-refractivity contribution in [3.8, 4) is 0 Å². The molecule has 2 aliphatic rings. The van der Waals surface area contributed by atoms with E-state index in [1.165, 1.54) is 17.7 Å². The highest BCUT2D eigenvalue weighted by atomic mass is 32.2. The Morgan fingerprint density at radius 2 is 1.76 bits per heavy atom. The van der Waals surface area contributed by atoms with Crippen molar-refractivity contribution in [2.75, 3.05) is 19.6 Å². The van der Waals surface area contributed by atoms with Gasteiger partial charge in [0.25, 0.3) is 0 Å². The van der Waals surface area contributed by atoms with Crippen LogP contribution in [0.25, 0.3) is 0 Å². The Morgan fingerprint density at radius 3 is 2.22 bits per heavy atom. The molecule has 0 saturated carbocycles. The predicted molar refractivity (Wildman–Crippen MR) is 214 cm³/mol. The molecule has 0 spiro atoms. The van der Waals surface area contributed by atoms with Gasteiger partial charge in [-0.05, 0) is 78.6 Å². The van der Waals surface area contributed by atoms with Crippen molar-refractivity contribution in [2.24, 2.45) is 20.1 Å². The molecule has 1 aromatic rings. The van der Waals surface area contributed by atoms with Crippen molar-refractivity contribution < 1.29 is 14.3 Å². The lowest BCUT2D eigenvalue weighted by Crippen LogP contribution is -2.28. The van der Waals surface area contributed by atoms with Crippen LogP contribution in [0.4, 0.5) is 0 Å². The first kappa shape index (κ1) is 47.3. The second-order valence-electron chi connectivity index (χ2n) is 11.2. The zero-order valence-corrected chi connectivity index (χ0v) is 32.6. The third-order valence-electron chi connectivity index (χ3n) is 5.79. The maximum Gasteiger partial charge on any atom is 0.320 e. The van der Waals surface area contributed by atoms with Crippen molar-refractivity contribution in [3.05, 3.63) is 96.1 Å². The molecule has 0 unspecified atom stereocenters. The quantitative estimate of drug-likeness (QED) is 0.0580. The van der Waals surface area contributed by atoms with E-state index in [0.717, 1.165) is 67.3 Å². The van der Waals surface area contributed by atoms with E-state index in [4.69, 9.17) is 15.5 Å². The fourth-order valence-electron chi connectivity index (χ4n) is 3.62. The number of hydrogen-bond donors (Lipinski definition) is 1. The Morgan fingerprint density at radius 1 is 1.14 bits per heavy atom. The topological polar surface area (TPSA) is 113 Å².